The zero-order valence-electron chi connectivity index (χ0n) is 15.8. The summed E-state index contributed by atoms with van der Waals surface area (Å²) in [7, 11) is 0. The van der Waals surface area contributed by atoms with Crippen molar-refractivity contribution in [2.24, 2.45) is 0 Å². The van der Waals surface area contributed by atoms with E-state index in [4.69, 9.17) is 12.2 Å². The second kappa shape index (κ2) is 8.04. The molecule has 8 heteroatoms. The maximum Gasteiger partial charge on any atom is 0.225 e. The third-order valence-corrected chi connectivity index (χ3v) is 5.51. The Labute approximate surface area is 168 Å². The van der Waals surface area contributed by atoms with Gasteiger partial charge in [0.15, 0.2) is 12.5 Å². The fourth-order valence-corrected chi connectivity index (χ4v) is 3.71. The third-order valence-electron chi connectivity index (χ3n) is 5.12. The Hall–Kier alpha value is -2.84. The Morgan fingerprint density at radius 1 is 1.00 bits per heavy atom. The Balaban J connectivity index is 1.38. The summed E-state index contributed by atoms with van der Waals surface area (Å²) in [5.41, 5.74) is 2.84. The third kappa shape index (κ3) is 3.88. The van der Waals surface area contributed by atoms with E-state index in [1.165, 1.54) is 4.90 Å². The average molecular weight is 396 g/mol. The highest BCUT2D eigenvalue weighted by atomic mass is 32.1. The van der Waals surface area contributed by atoms with Crippen molar-refractivity contribution in [2.45, 2.75) is 13.6 Å². The van der Waals surface area contributed by atoms with Crippen LogP contribution in [0.25, 0.3) is 5.69 Å². The number of rotatable bonds is 5. The molecule has 3 aromatic rings. The highest BCUT2D eigenvalue weighted by Crippen LogP contribution is 2.15. The second-order valence-electron chi connectivity index (χ2n) is 7.01. The van der Waals surface area contributed by atoms with Crippen LogP contribution in [0.15, 0.2) is 54.6 Å². The van der Waals surface area contributed by atoms with E-state index < -0.39 is 0 Å². The fraction of sp³-hybridized carbons (Fsp3) is 0.300. The lowest BCUT2D eigenvalue weighted by molar-refractivity contribution is -0.924. The van der Waals surface area contributed by atoms with E-state index in [9.17, 15) is 4.79 Å². The SMILES string of the molecule is CC(=O)c1ccc(N2CC[NH+](Cn3nnn(-c4ccccc4)c3=S)CC2)cc1. The van der Waals surface area contributed by atoms with Crippen LogP contribution in [0.1, 0.15) is 17.3 Å². The van der Waals surface area contributed by atoms with Crippen LogP contribution in [0.3, 0.4) is 0 Å². The van der Waals surface area contributed by atoms with E-state index in [1.54, 1.807) is 16.3 Å². The van der Waals surface area contributed by atoms with Gasteiger partial charge in [-0.2, -0.15) is 9.36 Å². The Morgan fingerprint density at radius 2 is 1.68 bits per heavy atom. The van der Waals surface area contributed by atoms with Crippen molar-refractivity contribution in [1.29, 1.82) is 0 Å². The van der Waals surface area contributed by atoms with Gasteiger partial charge in [-0.15, -0.1) is 0 Å². The number of piperazine rings is 1. The monoisotopic (exact) mass is 395 g/mol. The molecule has 1 aromatic heterocycles. The maximum absolute atomic E-state index is 11.4. The topological polar surface area (TPSA) is 60.4 Å². The molecule has 7 nitrogen and oxygen atoms in total. The summed E-state index contributed by atoms with van der Waals surface area (Å²) < 4.78 is 4.11. The van der Waals surface area contributed by atoms with Gasteiger partial charge in [-0.25, -0.2) is 0 Å². The number of hydrogen-bond donors (Lipinski definition) is 1. The van der Waals surface area contributed by atoms with E-state index in [0.29, 0.717) is 11.4 Å². The first-order valence-electron chi connectivity index (χ1n) is 9.39. The summed E-state index contributed by atoms with van der Waals surface area (Å²) in [5.74, 6) is 0.0982. The van der Waals surface area contributed by atoms with Gasteiger partial charge in [0.2, 0.25) is 4.77 Å². The molecule has 0 unspecified atom stereocenters. The van der Waals surface area contributed by atoms with Gasteiger partial charge in [-0.1, -0.05) is 18.2 Å². The predicted octanol–water partition coefficient (Wildman–Crippen LogP) is 1.36. The maximum atomic E-state index is 11.4. The normalized spacial score (nSPS) is 15.0. The van der Waals surface area contributed by atoms with Crippen molar-refractivity contribution >= 4 is 23.7 Å². The number of anilines is 1. The highest BCUT2D eigenvalue weighted by molar-refractivity contribution is 7.71. The Bertz CT molecular complexity index is 1000. The number of ketones is 1. The Morgan fingerprint density at radius 3 is 2.32 bits per heavy atom. The molecule has 1 N–H and O–H groups in total. The van der Waals surface area contributed by atoms with Crippen LogP contribution >= 0.6 is 12.2 Å². The lowest BCUT2D eigenvalue weighted by Crippen LogP contribution is -3.14. The number of nitrogens with zero attached hydrogens (tertiary/aromatic N) is 5. The summed E-state index contributed by atoms with van der Waals surface area (Å²) in [6.45, 7) is 6.20. The zero-order valence-corrected chi connectivity index (χ0v) is 16.6. The minimum Gasteiger partial charge on any atom is -0.360 e. The molecule has 2 aromatic carbocycles. The van der Waals surface area contributed by atoms with Crippen LogP contribution in [0, 0.1) is 4.77 Å². The molecule has 0 aliphatic carbocycles. The number of carbonyl (C=O) groups is 1. The van der Waals surface area contributed by atoms with E-state index >= 15 is 0 Å². The highest BCUT2D eigenvalue weighted by Gasteiger charge is 2.21. The molecule has 0 spiro atoms. The lowest BCUT2D eigenvalue weighted by Gasteiger charge is -2.33. The van der Waals surface area contributed by atoms with Crippen molar-refractivity contribution in [3.05, 3.63) is 64.9 Å². The second-order valence-corrected chi connectivity index (χ2v) is 7.37. The molecule has 1 aliphatic rings. The largest absolute Gasteiger partial charge is 0.360 e. The lowest BCUT2D eigenvalue weighted by atomic mass is 10.1. The van der Waals surface area contributed by atoms with Crippen molar-refractivity contribution in [2.75, 3.05) is 31.1 Å². The smallest absolute Gasteiger partial charge is 0.225 e. The summed E-state index contributed by atoms with van der Waals surface area (Å²) in [6, 6.07) is 17.7. The molecule has 4 rings (SSSR count). The van der Waals surface area contributed by atoms with Crippen LogP contribution in [0.2, 0.25) is 0 Å². The number of carbonyl (C=O) groups excluding carboxylic acids is 1. The number of nitrogens with one attached hydrogen (secondary N) is 1. The molecular weight excluding hydrogens is 372 g/mol. The summed E-state index contributed by atoms with van der Waals surface area (Å²) >= 11 is 5.56. The van der Waals surface area contributed by atoms with Crippen molar-refractivity contribution in [1.82, 2.24) is 19.8 Å². The first-order valence-corrected chi connectivity index (χ1v) is 9.80. The molecular formula is C20H23N6OS+. The molecule has 0 radical (unpaired) electrons. The van der Waals surface area contributed by atoms with Crippen molar-refractivity contribution in [3.63, 3.8) is 0 Å². The number of tetrazole rings is 1. The molecule has 0 amide bonds. The van der Waals surface area contributed by atoms with Gasteiger partial charge in [0, 0.05) is 11.3 Å². The molecule has 0 bridgehead atoms. The van der Waals surface area contributed by atoms with Gasteiger partial charge < -0.3 is 9.80 Å². The standard InChI is InChI=1S/C20H22N6OS/c1-16(27)17-7-9-18(10-8-17)24-13-11-23(12-14-24)15-25-20(28)26(22-21-25)19-5-3-2-4-6-19/h2-10H,11-15H2,1H3/p+1. The average Bonchev–Trinajstić information content (AvgIpc) is 3.09. The number of Topliss-reactive ketones (excluding diaryl/α,β-unsaturated/α-hetero) is 1. The van der Waals surface area contributed by atoms with E-state index in [2.05, 4.69) is 15.3 Å². The van der Waals surface area contributed by atoms with Gasteiger partial charge in [0.1, 0.15) is 0 Å². The molecule has 1 fully saturated rings. The zero-order chi connectivity index (χ0) is 19.5. The predicted molar refractivity (Wildman–Crippen MR) is 110 cm³/mol. The van der Waals surface area contributed by atoms with Crippen molar-refractivity contribution in [3.8, 4) is 5.69 Å². The number of para-hydroxylation sites is 1. The molecule has 28 heavy (non-hydrogen) atoms. The van der Waals surface area contributed by atoms with Gasteiger partial charge in [0.05, 0.1) is 31.9 Å². The molecule has 1 saturated heterocycles. The summed E-state index contributed by atoms with van der Waals surface area (Å²) in [4.78, 5) is 15.2. The van der Waals surface area contributed by atoms with E-state index in [1.807, 2.05) is 54.6 Å². The van der Waals surface area contributed by atoms with Crippen LogP contribution in [-0.4, -0.2) is 51.8 Å². The number of quaternary nitrogens is 1. The van der Waals surface area contributed by atoms with E-state index in [0.717, 1.165) is 43.1 Å². The van der Waals surface area contributed by atoms with Gasteiger partial charge >= 0.3 is 0 Å². The number of aromatic nitrogens is 4. The fourth-order valence-electron chi connectivity index (χ4n) is 3.46. The minimum absolute atomic E-state index is 0.0982. The molecule has 0 atom stereocenters. The van der Waals surface area contributed by atoms with E-state index in [-0.39, 0.29) is 5.78 Å². The summed E-state index contributed by atoms with van der Waals surface area (Å²) in [6.07, 6.45) is 0. The van der Waals surface area contributed by atoms with Crippen LogP contribution in [0.4, 0.5) is 5.69 Å². The van der Waals surface area contributed by atoms with Gasteiger partial charge in [0.25, 0.3) is 0 Å². The number of hydrogen-bond acceptors (Lipinski definition) is 5. The van der Waals surface area contributed by atoms with Crippen molar-refractivity contribution < 1.29 is 9.69 Å². The van der Waals surface area contributed by atoms with Gasteiger partial charge in [-0.05, 0) is 66.0 Å². The quantitative estimate of drug-likeness (QED) is 0.522. The number of benzene rings is 2. The molecule has 1 aliphatic heterocycles. The van der Waals surface area contributed by atoms with Crippen LogP contribution < -0.4 is 9.80 Å². The van der Waals surface area contributed by atoms with Crippen LogP contribution in [-0.2, 0) is 6.67 Å². The molecule has 144 valence electrons. The first-order chi connectivity index (χ1) is 13.6. The van der Waals surface area contributed by atoms with Gasteiger partial charge in [-0.3, -0.25) is 4.79 Å². The molecule has 2 heterocycles. The van der Waals surface area contributed by atoms with Crippen LogP contribution in [0.5, 0.6) is 0 Å². The summed E-state index contributed by atoms with van der Waals surface area (Å²) in [5, 5.41) is 8.46. The minimum atomic E-state index is 0.0982. The molecule has 0 saturated carbocycles. The Kier molecular flexibility index (Phi) is 5.31. The first kappa shape index (κ1) is 18.5.